The summed E-state index contributed by atoms with van der Waals surface area (Å²) in [5.74, 6) is -0.368. The first-order chi connectivity index (χ1) is 16.1. The van der Waals surface area contributed by atoms with Crippen LogP contribution in [0.5, 0.6) is 0 Å². The Hall–Kier alpha value is -3.47. The van der Waals surface area contributed by atoms with E-state index in [1.807, 2.05) is 31.2 Å². The maximum absolute atomic E-state index is 13.3. The third kappa shape index (κ3) is 4.89. The van der Waals surface area contributed by atoms with Gasteiger partial charge in [-0.15, -0.1) is 0 Å². The number of nitrogens with zero attached hydrogens (tertiary/aromatic N) is 4. The van der Waals surface area contributed by atoms with Gasteiger partial charge in [-0.2, -0.15) is 18.3 Å². The number of H-pyrrole nitrogens is 1. The summed E-state index contributed by atoms with van der Waals surface area (Å²) in [6.45, 7) is 2.61. The Labute approximate surface area is 198 Å². The summed E-state index contributed by atoms with van der Waals surface area (Å²) in [4.78, 5) is 28.7. The van der Waals surface area contributed by atoms with Crippen molar-refractivity contribution in [3.8, 4) is 11.4 Å². The summed E-state index contributed by atoms with van der Waals surface area (Å²) in [5, 5.41) is 6.97. The van der Waals surface area contributed by atoms with E-state index < -0.39 is 17.6 Å². The number of carbonyl (C=O) groups is 2. The van der Waals surface area contributed by atoms with Crippen LogP contribution in [0.4, 0.5) is 13.2 Å². The van der Waals surface area contributed by atoms with Crippen molar-refractivity contribution < 1.29 is 22.8 Å². The molecular weight excluding hydrogens is 467 g/mol. The van der Waals surface area contributed by atoms with E-state index >= 15 is 0 Å². The Morgan fingerprint density at radius 3 is 2.38 bits per heavy atom. The normalized spacial score (nSPS) is 14.4. The quantitative estimate of drug-likeness (QED) is 0.564. The lowest BCUT2D eigenvalue weighted by Crippen LogP contribution is -2.51. The standard InChI is InChI=1S/C23H22F3N5O2S/c1-15-5-4-6-16(13-15)20-27-28-22(34)31(20)14-19(32)29-9-11-30(12-10-29)21(33)17-7-2-3-8-18(17)23(24,25)26/h2-8,13H,9-12,14H2,1H3,(H,28,34). The highest BCUT2D eigenvalue weighted by Gasteiger charge is 2.36. The Balaban J connectivity index is 1.44. The van der Waals surface area contributed by atoms with Crippen LogP contribution < -0.4 is 0 Å². The second kappa shape index (κ2) is 9.41. The number of nitrogens with one attached hydrogen (secondary N) is 1. The Kier molecular flexibility index (Phi) is 6.56. The summed E-state index contributed by atoms with van der Waals surface area (Å²) in [7, 11) is 0. The number of aromatic amines is 1. The van der Waals surface area contributed by atoms with E-state index in [1.165, 1.54) is 23.1 Å². The third-order valence-electron chi connectivity index (χ3n) is 5.71. The molecule has 0 aliphatic carbocycles. The number of carbonyl (C=O) groups excluding carboxylic acids is 2. The highest BCUT2D eigenvalue weighted by atomic mass is 32.1. The Morgan fingerprint density at radius 2 is 1.71 bits per heavy atom. The van der Waals surface area contributed by atoms with Crippen molar-refractivity contribution in [2.45, 2.75) is 19.6 Å². The molecule has 1 saturated heterocycles. The fourth-order valence-corrected chi connectivity index (χ4v) is 4.15. The number of amides is 2. The Bertz CT molecular complexity index is 1280. The molecule has 1 N–H and O–H groups in total. The molecule has 178 valence electrons. The molecule has 0 atom stereocenters. The van der Waals surface area contributed by atoms with Gasteiger partial charge < -0.3 is 9.80 Å². The van der Waals surface area contributed by atoms with Gasteiger partial charge in [-0.1, -0.05) is 35.9 Å². The number of alkyl halides is 3. The number of piperazine rings is 1. The zero-order valence-electron chi connectivity index (χ0n) is 18.3. The van der Waals surface area contributed by atoms with Crippen LogP contribution in [0.2, 0.25) is 0 Å². The summed E-state index contributed by atoms with van der Waals surface area (Å²) in [6.07, 6.45) is -4.62. The molecule has 4 rings (SSSR count). The van der Waals surface area contributed by atoms with E-state index in [0.717, 1.165) is 17.2 Å². The Morgan fingerprint density at radius 1 is 1.03 bits per heavy atom. The minimum absolute atomic E-state index is 0.0382. The minimum atomic E-state index is -4.62. The van der Waals surface area contributed by atoms with E-state index in [-0.39, 0.29) is 44.2 Å². The van der Waals surface area contributed by atoms with Crippen LogP contribution >= 0.6 is 12.2 Å². The molecule has 0 unspecified atom stereocenters. The van der Waals surface area contributed by atoms with Gasteiger partial charge in [-0.05, 0) is 37.3 Å². The third-order valence-corrected chi connectivity index (χ3v) is 6.02. The van der Waals surface area contributed by atoms with Crippen LogP contribution in [-0.2, 0) is 17.5 Å². The fraction of sp³-hybridized carbons (Fsp3) is 0.304. The molecule has 2 amide bonds. The van der Waals surface area contributed by atoms with Gasteiger partial charge in [0, 0.05) is 31.7 Å². The van der Waals surface area contributed by atoms with Crippen LogP contribution in [0, 0.1) is 11.7 Å². The second-order valence-corrected chi connectivity index (χ2v) is 8.41. The van der Waals surface area contributed by atoms with Crippen molar-refractivity contribution in [1.29, 1.82) is 0 Å². The predicted octanol–water partition coefficient (Wildman–Crippen LogP) is 3.92. The highest BCUT2D eigenvalue weighted by molar-refractivity contribution is 7.71. The van der Waals surface area contributed by atoms with Crippen molar-refractivity contribution >= 4 is 24.0 Å². The molecule has 1 aromatic heterocycles. The van der Waals surface area contributed by atoms with Gasteiger partial charge in [0.15, 0.2) is 10.6 Å². The van der Waals surface area contributed by atoms with E-state index in [4.69, 9.17) is 12.2 Å². The van der Waals surface area contributed by atoms with E-state index in [2.05, 4.69) is 10.2 Å². The molecule has 1 aliphatic heterocycles. The van der Waals surface area contributed by atoms with Gasteiger partial charge in [0.1, 0.15) is 6.54 Å². The monoisotopic (exact) mass is 489 g/mol. The summed E-state index contributed by atoms with van der Waals surface area (Å²) in [6, 6.07) is 12.4. The number of aromatic nitrogens is 3. The zero-order chi connectivity index (χ0) is 24.5. The van der Waals surface area contributed by atoms with Crippen LogP contribution in [0.25, 0.3) is 11.4 Å². The lowest BCUT2D eigenvalue weighted by Gasteiger charge is -2.35. The first-order valence-electron chi connectivity index (χ1n) is 10.6. The van der Waals surface area contributed by atoms with Crippen LogP contribution in [0.1, 0.15) is 21.5 Å². The number of benzene rings is 2. The molecule has 11 heteroatoms. The second-order valence-electron chi connectivity index (χ2n) is 8.02. The number of hydrogen-bond acceptors (Lipinski definition) is 4. The maximum Gasteiger partial charge on any atom is 0.417 e. The van der Waals surface area contributed by atoms with Crippen LogP contribution in [-0.4, -0.2) is 62.6 Å². The summed E-state index contributed by atoms with van der Waals surface area (Å²) >= 11 is 5.30. The van der Waals surface area contributed by atoms with Crippen LogP contribution in [0.15, 0.2) is 48.5 Å². The SMILES string of the molecule is Cc1cccc(-c2n[nH]c(=S)n2CC(=O)N2CCN(C(=O)c3ccccc3C(F)(F)F)CC2)c1. The van der Waals surface area contributed by atoms with Crippen molar-refractivity contribution in [3.05, 3.63) is 70.0 Å². The first-order valence-corrected chi connectivity index (χ1v) is 11.0. The fourth-order valence-electron chi connectivity index (χ4n) is 3.95. The van der Waals surface area contributed by atoms with Crippen molar-refractivity contribution in [2.24, 2.45) is 0 Å². The molecule has 0 spiro atoms. The average Bonchev–Trinajstić information content (AvgIpc) is 3.18. The average molecular weight is 490 g/mol. The van der Waals surface area contributed by atoms with Gasteiger partial charge in [-0.25, -0.2) is 0 Å². The number of halogens is 3. The van der Waals surface area contributed by atoms with E-state index in [1.54, 1.807) is 9.47 Å². The lowest BCUT2D eigenvalue weighted by molar-refractivity contribution is -0.138. The molecular formula is C23H22F3N5O2S. The van der Waals surface area contributed by atoms with Crippen molar-refractivity contribution in [2.75, 3.05) is 26.2 Å². The van der Waals surface area contributed by atoms with Gasteiger partial charge in [0.2, 0.25) is 5.91 Å². The molecule has 1 fully saturated rings. The summed E-state index contributed by atoms with van der Waals surface area (Å²) < 4.78 is 41.8. The predicted molar refractivity (Wildman–Crippen MR) is 122 cm³/mol. The molecule has 2 heterocycles. The van der Waals surface area contributed by atoms with Gasteiger partial charge >= 0.3 is 6.18 Å². The number of hydrogen-bond donors (Lipinski definition) is 1. The molecule has 2 aromatic carbocycles. The largest absolute Gasteiger partial charge is 0.417 e. The lowest BCUT2D eigenvalue weighted by atomic mass is 10.1. The molecule has 0 bridgehead atoms. The number of rotatable bonds is 4. The minimum Gasteiger partial charge on any atom is -0.338 e. The summed E-state index contributed by atoms with van der Waals surface area (Å²) in [5.41, 5.74) is 0.509. The van der Waals surface area contributed by atoms with Gasteiger partial charge in [0.05, 0.1) is 11.1 Å². The zero-order valence-corrected chi connectivity index (χ0v) is 19.1. The molecule has 0 saturated carbocycles. The van der Waals surface area contributed by atoms with E-state index in [9.17, 15) is 22.8 Å². The number of aryl methyl sites for hydroxylation is 1. The first kappa shape index (κ1) is 23.7. The molecule has 7 nitrogen and oxygen atoms in total. The topological polar surface area (TPSA) is 74.2 Å². The van der Waals surface area contributed by atoms with E-state index in [0.29, 0.717) is 10.6 Å². The molecule has 34 heavy (non-hydrogen) atoms. The molecule has 3 aromatic rings. The molecule has 1 aliphatic rings. The molecule has 0 radical (unpaired) electrons. The smallest absolute Gasteiger partial charge is 0.338 e. The van der Waals surface area contributed by atoms with Crippen molar-refractivity contribution in [1.82, 2.24) is 24.6 Å². The highest BCUT2D eigenvalue weighted by Crippen LogP contribution is 2.32. The van der Waals surface area contributed by atoms with Gasteiger partial charge in [-0.3, -0.25) is 19.3 Å². The van der Waals surface area contributed by atoms with Gasteiger partial charge in [0.25, 0.3) is 5.91 Å². The van der Waals surface area contributed by atoms with Crippen LogP contribution in [0.3, 0.4) is 0 Å². The van der Waals surface area contributed by atoms with Crippen molar-refractivity contribution in [3.63, 3.8) is 0 Å². The maximum atomic E-state index is 13.3.